The Kier molecular flexibility index (Phi) is 3.17. The second-order valence-corrected chi connectivity index (χ2v) is 5.27. The number of H-pyrrole nitrogens is 1. The molecule has 1 aromatic rings. The predicted molar refractivity (Wildman–Crippen MR) is 64.2 cm³/mol. The van der Waals surface area contributed by atoms with Gasteiger partial charge in [-0.1, -0.05) is 19.8 Å². The number of aromatic amines is 1. The summed E-state index contributed by atoms with van der Waals surface area (Å²) in [6.45, 7) is 4.41. The zero-order chi connectivity index (χ0) is 12.5. The van der Waals surface area contributed by atoms with E-state index in [2.05, 4.69) is 22.1 Å². The van der Waals surface area contributed by atoms with Crippen LogP contribution in [0.2, 0.25) is 0 Å². The molecule has 5 heteroatoms. The summed E-state index contributed by atoms with van der Waals surface area (Å²) in [5.41, 5.74) is -0.167. The lowest BCUT2D eigenvalue weighted by molar-refractivity contribution is -0.140. The van der Waals surface area contributed by atoms with Crippen molar-refractivity contribution in [1.29, 1.82) is 0 Å². The molecule has 17 heavy (non-hydrogen) atoms. The maximum Gasteiger partial charge on any atom is 0.228 e. The number of amides is 1. The molecule has 0 bridgehead atoms. The maximum absolute atomic E-state index is 12.3. The van der Waals surface area contributed by atoms with Crippen LogP contribution >= 0.6 is 0 Å². The van der Waals surface area contributed by atoms with Gasteiger partial charge in [0.2, 0.25) is 5.91 Å². The van der Waals surface area contributed by atoms with Crippen molar-refractivity contribution in [3.8, 4) is 0 Å². The minimum Gasteiger partial charge on any atom is -0.338 e. The van der Waals surface area contributed by atoms with Crippen LogP contribution in [-0.2, 0) is 11.3 Å². The Labute approximate surface area is 102 Å². The highest BCUT2D eigenvalue weighted by atomic mass is 16.2. The number of hydrogen-bond acceptors (Lipinski definition) is 3. The highest BCUT2D eigenvalue weighted by Gasteiger charge is 2.38. The van der Waals surface area contributed by atoms with Crippen molar-refractivity contribution in [2.75, 3.05) is 7.05 Å². The van der Waals surface area contributed by atoms with Crippen molar-refractivity contribution in [3.05, 3.63) is 11.6 Å². The van der Waals surface area contributed by atoms with E-state index in [4.69, 9.17) is 0 Å². The van der Waals surface area contributed by atoms with Gasteiger partial charge in [0, 0.05) is 12.5 Å². The molecule has 0 unspecified atom stereocenters. The van der Waals surface area contributed by atoms with Crippen LogP contribution in [0, 0.1) is 12.3 Å². The normalized spacial score (nSPS) is 18.3. The van der Waals surface area contributed by atoms with Crippen molar-refractivity contribution in [2.45, 2.75) is 46.1 Å². The topological polar surface area (TPSA) is 61.9 Å². The third-order valence-corrected chi connectivity index (χ3v) is 3.59. The lowest BCUT2D eigenvalue weighted by Gasteiger charge is -2.28. The van der Waals surface area contributed by atoms with E-state index in [-0.39, 0.29) is 11.3 Å². The first-order valence-corrected chi connectivity index (χ1v) is 6.15. The smallest absolute Gasteiger partial charge is 0.228 e. The number of aromatic nitrogens is 3. The van der Waals surface area contributed by atoms with Gasteiger partial charge in [-0.05, 0) is 19.8 Å². The number of rotatable bonds is 3. The maximum atomic E-state index is 12.3. The molecule has 1 N–H and O–H groups in total. The molecular formula is C12H20N4O. The van der Waals surface area contributed by atoms with E-state index in [1.165, 1.54) is 0 Å². The van der Waals surface area contributed by atoms with Gasteiger partial charge in [-0.25, -0.2) is 4.98 Å². The van der Waals surface area contributed by atoms with E-state index in [0.29, 0.717) is 12.4 Å². The number of nitrogens with zero attached hydrogens (tertiary/aromatic N) is 3. The molecule has 1 aromatic heterocycles. The monoisotopic (exact) mass is 236 g/mol. The molecule has 1 aliphatic carbocycles. The standard InChI is InChI=1S/C12H20N4O/c1-9-13-10(15-14-9)8-16(3)11(17)12(2)6-4-5-7-12/h4-8H2,1-3H3,(H,13,14,15). The quantitative estimate of drug-likeness (QED) is 0.868. The second kappa shape index (κ2) is 4.47. The van der Waals surface area contributed by atoms with Gasteiger partial charge >= 0.3 is 0 Å². The molecule has 94 valence electrons. The number of nitrogens with one attached hydrogen (secondary N) is 1. The average molecular weight is 236 g/mol. The van der Waals surface area contributed by atoms with Crippen molar-refractivity contribution in [1.82, 2.24) is 20.1 Å². The summed E-state index contributed by atoms with van der Waals surface area (Å²) >= 11 is 0. The molecule has 0 aromatic carbocycles. The first kappa shape index (κ1) is 12.1. The molecule has 1 saturated carbocycles. The Morgan fingerprint density at radius 2 is 2.12 bits per heavy atom. The summed E-state index contributed by atoms with van der Waals surface area (Å²) in [6, 6.07) is 0. The van der Waals surface area contributed by atoms with Gasteiger partial charge < -0.3 is 4.90 Å². The Morgan fingerprint density at radius 3 is 2.65 bits per heavy atom. The van der Waals surface area contributed by atoms with Crippen LogP contribution in [0.4, 0.5) is 0 Å². The van der Waals surface area contributed by atoms with Crippen molar-refractivity contribution < 1.29 is 4.79 Å². The molecule has 5 nitrogen and oxygen atoms in total. The fourth-order valence-corrected chi connectivity index (χ4v) is 2.57. The van der Waals surface area contributed by atoms with Crippen LogP contribution in [-0.4, -0.2) is 33.0 Å². The van der Waals surface area contributed by atoms with Crippen molar-refractivity contribution >= 4 is 5.91 Å². The van der Waals surface area contributed by atoms with Crippen LogP contribution in [0.15, 0.2) is 0 Å². The molecule has 1 amide bonds. The summed E-state index contributed by atoms with van der Waals surface area (Å²) in [7, 11) is 1.83. The Morgan fingerprint density at radius 1 is 1.47 bits per heavy atom. The van der Waals surface area contributed by atoms with Crippen LogP contribution in [0.3, 0.4) is 0 Å². The van der Waals surface area contributed by atoms with E-state index in [0.717, 1.165) is 31.5 Å². The zero-order valence-electron chi connectivity index (χ0n) is 10.8. The number of carbonyl (C=O) groups is 1. The molecule has 0 saturated heterocycles. The van der Waals surface area contributed by atoms with Crippen LogP contribution in [0.5, 0.6) is 0 Å². The van der Waals surface area contributed by atoms with E-state index >= 15 is 0 Å². The van der Waals surface area contributed by atoms with Gasteiger partial charge in [0.25, 0.3) is 0 Å². The largest absolute Gasteiger partial charge is 0.338 e. The first-order chi connectivity index (χ1) is 8.01. The lowest BCUT2D eigenvalue weighted by Crippen LogP contribution is -2.38. The Balaban J connectivity index is 2.00. The zero-order valence-corrected chi connectivity index (χ0v) is 10.8. The minimum absolute atomic E-state index is 0.167. The molecule has 1 aliphatic rings. The highest BCUT2D eigenvalue weighted by molar-refractivity contribution is 5.82. The number of aryl methyl sites for hydroxylation is 1. The second-order valence-electron chi connectivity index (χ2n) is 5.27. The lowest BCUT2D eigenvalue weighted by atomic mass is 9.87. The third-order valence-electron chi connectivity index (χ3n) is 3.59. The molecule has 0 spiro atoms. The summed E-state index contributed by atoms with van der Waals surface area (Å²) < 4.78 is 0. The summed E-state index contributed by atoms with van der Waals surface area (Å²) in [5.74, 6) is 1.69. The Bertz CT molecular complexity index is 406. The predicted octanol–water partition coefficient (Wildman–Crippen LogP) is 1.65. The molecule has 1 fully saturated rings. The molecule has 1 heterocycles. The first-order valence-electron chi connectivity index (χ1n) is 6.15. The SMILES string of the molecule is Cc1nc(CN(C)C(=O)C2(C)CCCC2)n[nH]1. The fraction of sp³-hybridized carbons (Fsp3) is 0.750. The molecule has 0 aliphatic heterocycles. The van der Waals surface area contributed by atoms with Crippen LogP contribution < -0.4 is 0 Å². The third kappa shape index (κ3) is 2.48. The van der Waals surface area contributed by atoms with Crippen molar-refractivity contribution in [2.24, 2.45) is 5.41 Å². The van der Waals surface area contributed by atoms with Gasteiger partial charge in [-0.3, -0.25) is 9.89 Å². The van der Waals surface area contributed by atoms with Gasteiger partial charge in [0.05, 0.1) is 6.54 Å². The molecule has 2 rings (SSSR count). The number of hydrogen-bond donors (Lipinski definition) is 1. The molecule has 0 radical (unpaired) electrons. The van der Waals surface area contributed by atoms with E-state index in [1.807, 2.05) is 14.0 Å². The molecule has 0 atom stereocenters. The van der Waals surface area contributed by atoms with Crippen molar-refractivity contribution in [3.63, 3.8) is 0 Å². The summed E-state index contributed by atoms with van der Waals surface area (Å²) in [4.78, 5) is 18.3. The van der Waals surface area contributed by atoms with E-state index in [9.17, 15) is 4.79 Å². The molecular weight excluding hydrogens is 216 g/mol. The summed E-state index contributed by atoms with van der Waals surface area (Å²) in [5, 5.41) is 6.85. The van der Waals surface area contributed by atoms with Crippen LogP contribution in [0.25, 0.3) is 0 Å². The van der Waals surface area contributed by atoms with Crippen LogP contribution in [0.1, 0.15) is 44.3 Å². The van der Waals surface area contributed by atoms with Gasteiger partial charge in [-0.15, -0.1) is 0 Å². The summed E-state index contributed by atoms with van der Waals surface area (Å²) in [6.07, 6.45) is 4.33. The van der Waals surface area contributed by atoms with Gasteiger partial charge in [0.15, 0.2) is 5.82 Å². The average Bonchev–Trinajstić information content (AvgIpc) is 2.88. The fourth-order valence-electron chi connectivity index (χ4n) is 2.57. The van der Waals surface area contributed by atoms with E-state index in [1.54, 1.807) is 4.90 Å². The van der Waals surface area contributed by atoms with Gasteiger partial charge in [0.1, 0.15) is 5.82 Å². The Hall–Kier alpha value is -1.39. The van der Waals surface area contributed by atoms with Gasteiger partial charge in [-0.2, -0.15) is 5.10 Å². The highest BCUT2D eigenvalue weighted by Crippen LogP contribution is 2.39. The number of carbonyl (C=O) groups excluding carboxylic acids is 1. The van der Waals surface area contributed by atoms with E-state index < -0.39 is 0 Å². The minimum atomic E-state index is -0.167.